The first-order chi connectivity index (χ1) is 8.16. The molecular weight excluding hydrogens is 302 g/mol. The minimum absolute atomic E-state index is 0.148. The van der Waals surface area contributed by atoms with Crippen LogP contribution in [0.3, 0.4) is 0 Å². The Morgan fingerprint density at radius 2 is 2.24 bits per heavy atom. The van der Waals surface area contributed by atoms with Crippen LogP contribution in [-0.2, 0) is 11.3 Å². The number of rotatable bonds is 5. The van der Waals surface area contributed by atoms with Gasteiger partial charge in [-0.25, -0.2) is 0 Å². The van der Waals surface area contributed by atoms with Crippen molar-refractivity contribution in [2.75, 3.05) is 6.54 Å². The van der Waals surface area contributed by atoms with Crippen LogP contribution >= 0.6 is 27.3 Å². The van der Waals surface area contributed by atoms with E-state index in [1.807, 2.05) is 11.4 Å². The molecule has 1 aliphatic rings. The summed E-state index contributed by atoms with van der Waals surface area (Å²) in [5, 5.41) is 11.0. The molecule has 1 saturated carbocycles. The SMILES string of the molecule is O=C(O)CN(Cc1sccc1Br)C1CCCC1. The predicted octanol–water partition coefficient (Wildman–Crippen LogP) is 3.34. The van der Waals surface area contributed by atoms with Crippen LogP contribution < -0.4 is 0 Å². The van der Waals surface area contributed by atoms with Gasteiger partial charge in [-0.15, -0.1) is 11.3 Å². The van der Waals surface area contributed by atoms with Gasteiger partial charge in [-0.2, -0.15) is 0 Å². The van der Waals surface area contributed by atoms with Gasteiger partial charge in [-0.1, -0.05) is 12.8 Å². The number of hydrogen-bond donors (Lipinski definition) is 1. The highest BCUT2D eigenvalue weighted by Crippen LogP contribution is 2.29. The Kier molecular flexibility index (Phi) is 4.59. The van der Waals surface area contributed by atoms with E-state index < -0.39 is 5.97 Å². The van der Waals surface area contributed by atoms with Crippen molar-refractivity contribution in [2.45, 2.75) is 38.3 Å². The molecule has 1 aromatic rings. The lowest BCUT2D eigenvalue weighted by atomic mass is 10.2. The maximum Gasteiger partial charge on any atom is 0.317 e. The van der Waals surface area contributed by atoms with Crippen LogP contribution in [0, 0.1) is 0 Å². The number of carboxylic acids is 1. The third-order valence-corrected chi connectivity index (χ3v) is 5.13. The van der Waals surface area contributed by atoms with Crippen LogP contribution in [0.2, 0.25) is 0 Å². The van der Waals surface area contributed by atoms with Gasteiger partial charge in [-0.05, 0) is 40.2 Å². The van der Waals surface area contributed by atoms with E-state index in [0.29, 0.717) is 6.04 Å². The van der Waals surface area contributed by atoms with Gasteiger partial charge in [0.15, 0.2) is 0 Å². The van der Waals surface area contributed by atoms with Crippen LogP contribution in [0.1, 0.15) is 30.6 Å². The van der Waals surface area contributed by atoms with Crippen molar-refractivity contribution >= 4 is 33.2 Å². The van der Waals surface area contributed by atoms with Crippen molar-refractivity contribution in [3.8, 4) is 0 Å². The summed E-state index contributed by atoms with van der Waals surface area (Å²) >= 11 is 5.19. The minimum Gasteiger partial charge on any atom is -0.480 e. The molecule has 0 radical (unpaired) electrons. The zero-order valence-electron chi connectivity index (χ0n) is 9.56. The summed E-state index contributed by atoms with van der Waals surface area (Å²) in [6.07, 6.45) is 4.73. The molecule has 1 aromatic heterocycles. The topological polar surface area (TPSA) is 40.5 Å². The molecule has 2 rings (SSSR count). The zero-order chi connectivity index (χ0) is 12.3. The van der Waals surface area contributed by atoms with Crippen molar-refractivity contribution in [1.82, 2.24) is 4.90 Å². The maximum absolute atomic E-state index is 10.9. The van der Waals surface area contributed by atoms with Gasteiger partial charge in [0.25, 0.3) is 0 Å². The normalized spacial score (nSPS) is 16.8. The minimum atomic E-state index is -0.732. The summed E-state index contributed by atoms with van der Waals surface area (Å²) in [6, 6.07) is 2.47. The molecule has 0 bridgehead atoms. The molecule has 0 saturated heterocycles. The first kappa shape index (κ1) is 13.1. The number of halogens is 1. The number of thiophene rings is 1. The molecule has 1 aliphatic carbocycles. The second kappa shape index (κ2) is 5.98. The first-order valence-electron chi connectivity index (χ1n) is 5.84. The highest BCUT2D eigenvalue weighted by molar-refractivity contribution is 9.10. The molecule has 17 heavy (non-hydrogen) atoms. The second-order valence-corrected chi connectivity index (χ2v) is 6.28. The van der Waals surface area contributed by atoms with Gasteiger partial charge >= 0.3 is 5.97 Å². The Bertz CT molecular complexity index is 388. The monoisotopic (exact) mass is 317 g/mol. The van der Waals surface area contributed by atoms with E-state index in [0.717, 1.165) is 23.9 Å². The van der Waals surface area contributed by atoms with Crippen molar-refractivity contribution in [3.63, 3.8) is 0 Å². The molecule has 0 amide bonds. The molecule has 3 nitrogen and oxygen atoms in total. The molecule has 0 unspecified atom stereocenters. The molecule has 0 aliphatic heterocycles. The smallest absolute Gasteiger partial charge is 0.317 e. The van der Waals surface area contributed by atoms with Crippen LogP contribution in [-0.4, -0.2) is 28.6 Å². The van der Waals surface area contributed by atoms with Gasteiger partial charge < -0.3 is 5.11 Å². The molecule has 5 heteroatoms. The molecule has 0 aromatic carbocycles. The average molecular weight is 318 g/mol. The van der Waals surface area contributed by atoms with E-state index in [1.54, 1.807) is 11.3 Å². The van der Waals surface area contributed by atoms with E-state index in [1.165, 1.54) is 17.7 Å². The molecule has 1 fully saturated rings. The van der Waals surface area contributed by atoms with E-state index in [2.05, 4.69) is 20.8 Å². The number of hydrogen-bond acceptors (Lipinski definition) is 3. The van der Waals surface area contributed by atoms with E-state index >= 15 is 0 Å². The van der Waals surface area contributed by atoms with E-state index in [-0.39, 0.29) is 6.54 Å². The van der Waals surface area contributed by atoms with Crippen molar-refractivity contribution in [3.05, 3.63) is 20.8 Å². The molecular formula is C12H16BrNO2S. The molecule has 1 heterocycles. The Balaban J connectivity index is 2.04. The fraction of sp³-hybridized carbons (Fsp3) is 0.583. The Hall–Kier alpha value is -0.390. The second-order valence-electron chi connectivity index (χ2n) is 4.43. The lowest BCUT2D eigenvalue weighted by molar-refractivity contribution is -0.139. The summed E-state index contributed by atoms with van der Waals surface area (Å²) in [5.74, 6) is -0.732. The third-order valence-electron chi connectivity index (χ3n) is 3.22. The van der Waals surface area contributed by atoms with Crippen LogP contribution in [0.4, 0.5) is 0 Å². The molecule has 0 atom stereocenters. The van der Waals surface area contributed by atoms with E-state index in [4.69, 9.17) is 5.11 Å². The van der Waals surface area contributed by atoms with Crippen LogP contribution in [0.15, 0.2) is 15.9 Å². The first-order valence-corrected chi connectivity index (χ1v) is 7.52. The summed E-state index contributed by atoms with van der Waals surface area (Å²) < 4.78 is 1.09. The van der Waals surface area contributed by atoms with Crippen molar-refractivity contribution < 1.29 is 9.90 Å². The number of aliphatic carboxylic acids is 1. The quantitative estimate of drug-likeness (QED) is 0.905. The lowest BCUT2D eigenvalue weighted by Crippen LogP contribution is -2.36. The Morgan fingerprint density at radius 1 is 1.53 bits per heavy atom. The molecule has 1 N–H and O–H groups in total. The number of carboxylic acid groups (broad SMARTS) is 1. The summed E-state index contributed by atoms with van der Waals surface area (Å²) in [4.78, 5) is 14.3. The van der Waals surface area contributed by atoms with Gasteiger partial charge in [0.1, 0.15) is 0 Å². The largest absolute Gasteiger partial charge is 0.480 e. The highest BCUT2D eigenvalue weighted by atomic mass is 79.9. The van der Waals surface area contributed by atoms with Gasteiger partial charge in [0.05, 0.1) is 6.54 Å². The van der Waals surface area contributed by atoms with Crippen LogP contribution in [0.25, 0.3) is 0 Å². The van der Waals surface area contributed by atoms with Gasteiger partial charge in [-0.3, -0.25) is 9.69 Å². The molecule has 0 spiro atoms. The summed E-state index contributed by atoms with van der Waals surface area (Å²) in [6.45, 7) is 0.893. The Morgan fingerprint density at radius 3 is 2.76 bits per heavy atom. The lowest BCUT2D eigenvalue weighted by Gasteiger charge is -2.26. The predicted molar refractivity (Wildman–Crippen MR) is 72.3 cm³/mol. The van der Waals surface area contributed by atoms with Gasteiger partial charge in [0.2, 0.25) is 0 Å². The number of nitrogens with zero attached hydrogens (tertiary/aromatic N) is 1. The van der Waals surface area contributed by atoms with Crippen LogP contribution in [0.5, 0.6) is 0 Å². The highest BCUT2D eigenvalue weighted by Gasteiger charge is 2.25. The number of carbonyl (C=O) groups is 1. The zero-order valence-corrected chi connectivity index (χ0v) is 12.0. The Labute approximate surface area is 114 Å². The van der Waals surface area contributed by atoms with Crippen molar-refractivity contribution in [1.29, 1.82) is 0 Å². The molecule has 94 valence electrons. The fourth-order valence-corrected chi connectivity index (χ4v) is 3.88. The van der Waals surface area contributed by atoms with E-state index in [9.17, 15) is 4.79 Å². The van der Waals surface area contributed by atoms with Gasteiger partial charge in [0, 0.05) is 21.9 Å². The third kappa shape index (κ3) is 3.53. The standard InChI is InChI=1S/C12H16BrNO2S/c13-10-5-6-17-11(10)7-14(8-12(15)16)9-3-1-2-4-9/h5-6,9H,1-4,7-8H2,(H,15,16). The average Bonchev–Trinajstić information content (AvgIpc) is 2.89. The maximum atomic E-state index is 10.9. The fourth-order valence-electron chi connectivity index (χ4n) is 2.38. The van der Waals surface area contributed by atoms with Crippen molar-refractivity contribution in [2.24, 2.45) is 0 Å². The summed E-state index contributed by atoms with van der Waals surface area (Å²) in [5.41, 5.74) is 0. The summed E-state index contributed by atoms with van der Waals surface area (Å²) in [7, 11) is 0.